The fourth-order valence-electron chi connectivity index (χ4n) is 3.43. The van der Waals surface area contributed by atoms with E-state index in [1.54, 1.807) is 0 Å². The molecule has 0 spiro atoms. The van der Waals surface area contributed by atoms with Crippen molar-refractivity contribution in [3.8, 4) is 0 Å². The molecule has 0 aromatic rings. The zero-order chi connectivity index (χ0) is 17.5. The first kappa shape index (κ1) is 21.2. The molecule has 0 bridgehead atoms. The Kier molecular flexibility index (Phi) is 12.8. The number of hydrogen-bond donors (Lipinski definition) is 1. The monoisotopic (exact) mass is 336 g/mol. The molecule has 0 fully saturated rings. The second-order valence-electron chi connectivity index (χ2n) is 7.12. The van der Waals surface area contributed by atoms with Crippen molar-refractivity contribution in [1.82, 2.24) is 4.90 Å². The summed E-state index contributed by atoms with van der Waals surface area (Å²) < 4.78 is 0. The topological polar surface area (TPSA) is 35.8 Å². The van der Waals surface area contributed by atoms with Crippen LogP contribution >= 0.6 is 0 Å². The number of amidine groups is 1. The molecule has 0 aliphatic carbocycles. The number of aliphatic hydroxyl groups excluding tert-OH is 1. The summed E-state index contributed by atoms with van der Waals surface area (Å²) in [6, 6.07) is 0. The molecule has 140 valence electrons. The van der Waals surface area contributed by atoms with Gasteiger partial charge >= 0.3 is 0 Å². The van der Waals surface area contributed by atoms with Crippen molar-refractivity contribution in [2.24, 2.45) is 4.99 Å². The average Bonchev–Trinajstić information content (AvgIpc) is 3.04. The largest absolute Gasteiger partial charge is 0.374 e. The van der Waals surface area contributed by atoms with Crippen molar-refractivity contribution < 1.29 is 5.11 Å². The minimum atomic E-state index is -0.380. The first-order valence-corrected chi connectivity index (χ1v) is 10.3. The number of nitrogens with zero attached hydrogens (tertiary/aromatic N) is 2. The van der Waals surface area contributed by atoms with Gasteiger partial charge in [0.2, 0.25) is 0 Å². The van der Waals surface area contributed by atoms with Crippen molar-refractivity contribution in [2.75, 3.05) is 13.1 Å². The van der Waals surface area contributed by atoms with Gasteiger partial charge in [0, 0.05) is 13.0 Å². The molecule has 0 aromatic carbocycles. The van der Waals surface area contributed by atoms with Crippen LogP contribution < -0.4 is 0 Å². The fraction of sp³-hybridized carbons (Fsp3) is 0.857. The molecular weight excluding hydrogens is 296 g/mol. The Morgan fingerprint density at radius 1 is 0.958 bits per heavy atom. The fourth-order valence-corrected chi connectivity index (χ4v) is 3.43. The van der Waals surface area contributed by atoms with Gasteiger partial charge in [0.25, 0.3) is 0 Å². The molecule has 3 nitrogen and oxygen atoms in total. The van der Waals surface area contributed by atoms with Gasteiger partial charge in [-0.25, -0.2) is 0 Å². The maximum absolute atomic E-state index is 9.68. The van der Waals surface area contributed by atoms with Gasteiger partial charge < -0.3 is 10.0 Å². The van der Waals surface area contributed by atoms with Crippen LogP contribution in [0.1, 0.15) is 97.3 Å². The summed E-state index contributed by atoms with van der Waals surface area (Å²) in [4.78, 5) is 6.56. The Morgan fingerprint density at radius 2 is 1.50 bits per heavy atom. The van der Waals surface area contributed by atoms with E-state index in [0.29, 0.717) is 0 Å². The van der Waals surface area contributed by atoms with Gasteiger partial charge in [0.15, 0.2) is 0 Å². The highest BCUT2D eigenvalue weighted by Crippen LogP contribution is 2.15. The van der Waals surface area contributed by atoms with Gasteiger partial charge in [-0.3, -0.25) is 4.99 Å². The third kappa shape index (κ3) is 10.1. The van der Waals surface area contributed by atoms with Crippen LogP contribution in [0.5, 0.6) is 0 Å². The predicted octanol–water partition coefficient (Wildman–Crippen LogP) is 5.69. The third-order valence-corrected chi connectivity index (χ3v) is 4.92. The standard InChI is InChI=1S/C21H40N2O/c1-3-4-5-6-7-8-9-10-11-12-13-14-15-16-17-21-22-18-19-23(21)20(2)24/h3-4,20,24H,5-19H2,1-2H3/b4-3+. The van der Waals surface area contributed by atoms with Gasteiger partial charge in [-0.05, 0) is 33.1 Å². The van der Waals surface area contributed by atoms with Gasteiger partial charge in [0.1, 0.15) is 12.1 Å². The smallest absolute Gasteiger partial charge is 0.125 e. The normalized spacial score (nSPS) is 16.1. The summed E-state index contributed by atoms with van der Waals surface area (Å²) >= 11 is 0. The number of unbranched alkanes of at least 4 members (excludes halogenated alkanes) is 11. The van der Waals surface area contributed by atoms with E-state index in [-0.39, 0.29) is 6.23 Å². The summed E-state index contributed by atoms with van der Waals surface area (Å²) in [5, 5.41) is 9.68. The van der Waals surface area contributed by atoms with Crippen molar-refractivity contribution in [3.05, 3.63) is 12.2 Å². The van der Waals surface area contributed by atoms with E-state index < -0.39 is 0 Å². The molecule has 0 saturated carbocycles. The summed E-state index contributed by atoms with van der Waals surface area (Å²) in [6.07, 6.45) is 21.5. The SMILES string of the molecule is C/C=C/CCCCCCCCCCCCCC1=NCCN1C(C)O. The van der Waals surface area contributed by atoms with Crippen LogP contribution in [0.2, 0.25) is 0 Å². The van der Waals surface area contributed by atoms with Crippen molar-refractivity contribution in [3.63, 3.8) is 0 Å². The Hall–Kier alpha value is -0.830. The second-order valence-corrected chi connectivity index (χ2v) is 7.12. The van der Waals surface area contributed by atoms with E-state index in [1.807, 2.05) is 11.8 Å². The third-order valence-electron chi connectivity index (χ3n) is 4.92. The van der Waals surface area contributed by atoms with Crippen LogP contribution in [0.25, 0.3) is 0 Å². The molecule has 1 rings (SSSR count). The molecule has 24 heavy (non-hydrogen) atoms. The lowest BCUT2D eigenvalue weighted by molar-refractivity contribution is 0.0766. The van der Waals surface area contributed by atoms with Crippen molar-refractivity contribution >= 4 is 5.84 Å². The number of aliphatic hydroxyl groups is 1. The van der Waals surface area contributed by atoms with Crippen LogP contribution in [-0.2, 0) is 0 Å². The molecule has 0 saturated heterocycles. The van der Waals surface area contributed by atoms with E-state index in [9.17, 15) is 5.11 Å². The maximum atomic E-state index is 9.68. The number of allylic oxidation sites excluding steroid dienone is 2. The van der Waals surface area contributed by atoms with E-state index in [1.165, 1.54) is 77.0 Å². The van der Waals surface area contributed by atoms with Gasteiger partial charge in [-0.15, -0.1) is 0 Å². The van der Waals surface area contributed by atoms with Crippen LogP contribution in [0.15, 0.2) is 17.1 Å². The number of hydrogen-bond acceptors (Lipinski definition) is 3. The lowest BCUT2D eigenvalue weighted by Gasteiger charge is -2.23. The highest BCUT2D eigenvalue weighted by atomic mass is 16.3. The van der Waals surface area contributed by atoms with E-state index in [2.05, 4.69) is 24.1 Å². The molecule has 0 radical (unpaired) electrons. The summed E-state index contributed by atoms with van der Waals surface area (Å²) in [6.45, 7) is 5.69. The van der Waals surface area contributed by atoms with Crippen LogP contribution in [0.4, 0.5) is 0 Å². The lowest BCUT2D eigenvalue weighted by atomic mass is 10.0. The van der Waals surface area contributed by atoms with Crippen LogP contribution in [0.3, 0.4) is 0 Å². The number of aliphatic imine (C=N–C) groups is 1. The van der Waals surface area contributed by atoms with Crippen LogP contribution in [0, 0.1) is 0 Å². The highest BCUT2D eigenvalue weighted by molar-refractivity contribution is 5.83. The van der Waals surface area contributed by atoms with E-state index >= 15 is 0 Å². The van der Waals surface area contributed by atoms with E-state index in [0.717, 1.165) is 25.3 Å². The Labute approximate surface area is 150 Å². The molecule has 1 N–H and O–H groups in total. The lowest BCUT2D eigenvalue weighted by Crippen LogP contribution is -2.35. The Balaban J connectivity index is 1.81. The first-order valence-electron chi connectivity index (χ1n) is 10.3. The zero-order valence-corrected chi connectivity index (χ0v) is 16.2. The summed E-state index contributed by atoms with van der Waals surface area (Å²) in [5.74, 6) is 1.12. The molecule has 0 aromatic heterocycles. The molecule has 1 aliphatic heterocycles. The molecular formula is C21H40N2O. The molecule has 1 aliphatic rings. The zero-order valence-electron chi connectivity index (χ0n) is 16.2. The highest BCUT2D eigenvalue weighted by Gasteiger charge is 2.19. The second kappa shape index (κ2) is 14.5. The quantitative estimate of drug-likeness (QED) is 0.308. The first-order chi connectivity index (χ1) is 11.8. The Bertz CT molecular complexity index is 350. The van der Waals surface area contributed by atoms with Crippen molar-refractivity contribution in [2.45, 2.75) is 104 Å². The minimum Gasteiger partial charge on any atom is -0.374 e. The van der Waals surface area contributed by atoms with Gasteiger partial charge in [-0.2, -0.15) is 0 Å². The number of rotatable bonds is 15. The summed E-state index contributed by atoms with van der Waals surface area (Å²) in [7, 11) is 0. The van der Waals surface area contributed by atoms with E-state index in [4.69, 9.17) is 0 Å². The van der Waals surface area contributed by atoms with Gasteiger partial charge in [0.05, 0.1) is 6.54 Å². The van der Waals surface area contributed by atoms with Crippen LogP contribution in [-0.4, -0.2) is 35.2 Å². The molecule has 1 atom stereocenters. The molecule has 1 unspecified atom stereocenters. The molecule has 0 amide bonds. The predicted molar refractivity (Wildman–Crippen MR) is 106 cm³/mol. The average molecular weight is 337 g/mol. The van der Waals surface area contributed by atoms with Crippen molar-refractivity contribution in [1.29, 1.82) is 0 Å². The maximum Gasteiger partial charge on any atom is 0.125 e. The summed E-state index contributed by atoms with van der Waals surface area (Å²) in [5.41, 5.74) is 0. The minimum absolute atomic E-state index is 0.380. The Morgan fingerprint density at radius 3 is 2.04 bits per heavy atom. The molecule has 1 heterocycles. The molecule has 3 heteroatoms. The van der Waals surface area contributed by atoms with Gasteiger partial charge in [-0.1, -0.05) is 69.9 Å².